The monoisotopic (exact) mass is 160 g/mol. The minimum Gasteiger partial charge on any atom is -0.309 e. The highest BCUT2D eigenvalue weighted by Crippen LogP contribution is 2.09. The molecule has 0 amide bonds. The van der Waals surface area contributed by atoms with Crippen LogP contribution in [0.25, 0.3) is 6.08 Å². The fourth-order valence-electron chi connectivity index (χ4n) is 1.11. The number of benzene rings is 1. The summed E-state index contributed by atoms with van der Waals surface area (Å²) < 4.78 is 0. The molecule has 0 spiro atoms. The van der Waals surface area contributed by atoms with Gasteiger partial charge in [-0.2, -0.15) is 0 Å². The van der Waals surface area contributed by atoms with Crippen molar-refractivity contribution >= 4 is 6.08 Å². The van der Waals surface area contributed by atoms with Crippen LogP contribution in [0.2, 0.25) is 0 Å². The Morgan fingerprint density at radius 3 is 2.83 bits per heavy atom. The van der Waals surface area contributed by atoms with Crippen molar-refractivity contribution in [3.05, 3.63) is 48.5 Å². The smallest absolute Gasteiger partial charge is 0.0214 e. The van der Waals surface area contributed by atoms with Gasteiger partial charge >= 0.3 is 0 Å². The Morgan fingerprint density at radius 2 is 2.17 bits per heavy atom. The van der Waals surface area contributed by atoms with E-state index in [-0.39, 0.29) is 0 Å². The van der Waals surface area contributed by atoms with Crippen molar-refractivity contribution in [1.29, 1.82) is 0 Å². The summed E-state index contributed by atoms with van der Waals surface area (Å²) in [5, 5.41) is 3.17. The molecule has 0 saturated carbocycles. The summed E-state index contributed by atoms with van der Waals surface area (Å²) in [5.74, 6) is 0. The van der Waals surface area contributed by atoms with E-state index in [1.165, 1.54) is 11.1 Å². The van der Waals surface area contributed by atoms with Crippen LogP contribution < -0.4 is 5.32 Å². The predicted octanol–water partition coefficient (Wildman–Crippen LogP) is 2.60. The average Bonchev–Trinajstić information content (AvgIpc) is 2.15. The topological polar surface area (TPSA) is 12.0 Å². The Morgan fingerprint density at radius 1 is 1.42 bits per heavy atom. The Hall–Kier alpha value is -1.08. The van der Waals surface area contributed by atoms with Crippen molar-refractivity contribution in [2.45, 2.75) is 13.5 Å². The van der Waals surface area contributed by atoms with Gasteiger partial charge < -0.3 is 5.32 Å². The number of hydrogen-bond donors (Lipinski definition) is 1. The normalized spacial score (nSPS) is 9.75. The summed E-state index contributed by atoms with van der Waals surface area (Å²) in [6.45, 7) is 8.56. The Balaban J connectivity index is 2.75. The summed E-state index contributed by atoms with van der Waals surface area (Å²) in [4.78, 5) is 0. The van der Waals surface area contributed by atoms with E-state index in [4.69, 9.17) is 0 Å². The highest BCUT2D eigenvalue weighted by atomic mass is 14.8. The van der Waals surface area contributed by atoms with E-state index in [0.29, 0.717) is 0 Å². The van der Waals surface area contributed by atoms with Gasteiger partial charge in [-0.05, 0) is 18.1 Å². The van der Waals surface area contributed by atoms with Crippen LogP contribution in [-0.4, -0.2) is 0 Å². The molecule has 0 aliphatic heterocycles. The first-order valence-electron chi connectivity index (χ1n) is 4.10. The molecule has 0 aliphatic rings. The third-order valence-corrected chi connectivity index (χ3v) is 1.77. The van der Waals surface area contributed by atoms with Crippen LogP contribution >= 0.6 is 0 Å². The van der Waals surface area contributed by atoms with Gasteiger partial charge in [-0.3, -0.25) is 0 Å². The van der Waals surface area contributed by atoms with Gasteiger partial charge in [-0.15, -0.1) is 0 Å². The Labute approximate surface area is 74.1 Å². The molecule has 63 valence electrons. The molecule has 12 heavy (non-hydrogen) atoms. The molecular weight excluding hydrogens is 146 g/mol. The minimum atomic E-state index is 0.874. The zero-order valence-corrected chi connectivity index (χ0v) is 7.38. The van der Waals surface area contributed by atoms with Gasteiger partial charge in [0.25, 0.3) is 0 Å². The van der Waals surface area contributed by atoms with Crippen LogP contribution in [0.5, 0.6) is 0 Å². The standard InChI is InChI=1S/C11H14N/c1-3-10-7-5-6-8-11(10)9-12-4-2/h3-8,12H,1,9H2,2H3. The molecular formula is C11H14N. The Bertz CT molecular complexity index is 253. The lowest BCUT2D eigenvalue weighted by atomic mass is 10.1. The van der Waals surface area contributed by atoms with E-state index >= 15 is 0 Å². The van der Waals surface area contributed by atoms with Crippen LogP contribution in [0, 0.1) is 6.54 Å². The first-order valence-corrected chi connectivity index (χ1v) is 4.10. The molecule has 1 heteroatoms. The maximum absolute atomic E-state index is 3.76. The molecule has 0 bridgehead atoms. The molecule has 1 aromatic rings. The lowest BCUT2D eigenvalue weighted by Crippen LogP contribution is -2.07. The van der Waals surface area contributed by atoms with Crippen molar-refractivity contribution in [3.8, 4) is 0 Å². The molecule has 0 unspecified atom stereocenters. The molecule has 0 heterocycles. The average molecular weight is 160 g/mol. The van der Waals surface area contributed by atoms with E-state index < -0.39 is 0 Å². The second kappa shape index (κ2) is 4.73. The van der Waals surface area contributed by atoms with Crippen molar-refractivity contribution in [2.24, 2.45) is 0 Å². The van der Waals surface area contributed by atoms with E-state index in [9.17, 15) is 0 Å². The van der Waals surface area contributed by atoms with Gasteiger partial charge in [0.05, 0.1) is 0 Å². The summed E-state index contributed by atoms with van der Waals surface area (Å²) in [7, 11) is 0. The van der Waals surface area contributed by atoms with E-state index in [1.54, 1.807) is 0 Å². The summed E-state index contributed by atoms with van der Waals surface area (Å²) in [6, 6.07) is 8.24. The fourth-order valence-corrected chi connectivity index (χ4v) is 1.11. The van der Waals surface area contributed by atoms with Gasteiger partial charge in [-0.25, -0.2) is 0 Å². The van der Waals surface area contributed by atoms with Crippen LogP contribution in [0.1, 0.15) is 18.1 Å². The fraction of sp³-hybridized carbons (Fsp3) is 0.182. The van der Waals surface area contributed by atoms with Gasteiger partial charge in [0, 0.05) is 13.1 Å². The lowest BCUT2D eigenvalue weighted by molar-refractivity contribution is 0.804. The summed E-state index contributed by atoms with van der Waals surface area (Å²) in [6.07, 6.45) is 1.88. The highest BCUT2D eigenvalue weighted by Gasteiger charge is 1.95. The predicted molar refractivity (Wildman–Crippen MR) is 53.3 cm³/mol. The van der Waals surface area contributed by atoms with Crippen molar-refractivity contribution < 1.29 is 0 Å². The third-order valence-electron chi connectivity index (χ3n) is 1.77. The number of hydrogen-bond acceptors (Lipinski definition) is 1. The Kier molecular flexibility index (Phi) is 3.55. The van der Waals surface area contributed by atoms with Gasteiger partial charge in [0.15, 0.2) is 0 Å². The van der Waals surface area contributed by atoms with Gasteiger partial charge in [0.2, 0.25) is 0 Å². The van der Waals surface area contributed by atoms with Crippen LogP contribution in [-0.2, 0) is 6.54 Å². The lowest BCUT2D eigenvalue weighted by Gasteiger charge is -2.04. The number of nitrogens with one attached hydrogen (secondary N) is 1. The third kappa shape index (κ3) is 2.21. The van der Waals surface area contributed by atoms with E-state index in [2.05, 4.69) is 24.0 Å². The van der Waals surface area contributed by atoms with Gasteiger partial charge in [-0.1, -0.05) is 36.9 Å². The molecule has 1 rings (SSSR count). The zero-order chi connectivity index (χ0) is 8.81. The first kappa shape index (κ1) is 9.01. The summed E-state index contributed by atoms with van der Waals surface area (Å²) in [5.41, 5.74) is 2.48. The largest absolute Gasteiger partial charge is 0.309 e. The minimum absolute atomic E-state index is 0.874. The first-order chi connectivity index (χ1) is 5.88. The van der Waals surface area contributed by atoms with Crippen LogP contribution in [0.4, 0.5) is 0 Å². The molecule has 0 aromatic heterocycles. The van der Waals surface area contributed by atoms with E-state index in [1.807, 2.05) is 31.7 Å². The van der Waals surface area contributed by atoms with Crippen molar-refractivity contribution in [2.75, 3.05) is 0 Å². The maximum atomic E-state index is 3.76. The van der Waals surface area contributed by atoms with Crippen molar-refractivity contribution in [1.82, 2.24) is 5.32 Å². The number of rotatable bonds is 4. The van der Waals surface area contributed by atoms with Crippen LogP contribution in [0.15, 0.2) is 30.8 Å². The van der Waals surface area contributed by atoms with Gasteiger partial charge in [0.1, 0.15) is 0 Å². The quantitative estimate of drug-likeness (QED) is 0.714. The molecule has 0 saturated heterocycles. The van der Waals surface area contributed by atoms with Crippen molar-refractivity contribution in [3.63, 3.8) is 0 Å². The molecule has 1 nitrogen and oxygen atoms in total. The SMILES string of the molecule is C=Cc1ccccc1CN[CH]C. The zero-order valence-electron chi connectivity index (χ0n) is 7.38. The molecule has 1 N–H and O–H groups in total. The maximum Gasteiger partial charge on any atom is 0.0214 e. The molecule has 0 atom stereocenters. The molecule has 0 fully saturated rings. The second-order valence-corrected chi connectivity index (χ2v) is 2.57. The highest BCUT2D eigenvalue weighted by molar-refractivity contribution is 5.51. The van der Waals surface area contributed by atoms with E-state index in [0.717, 1.165) is 6.54 Å². The molecule has 1 aromatic carbocycles. The molecule has 0 aliphatic carbocycles. The second-order valence-electron chi connectivity index (χ2n) is 2.57. The van der Waals surface area contributed by atoms with Crippen LogP contribution in [0.3, 0.4) is 0 Å². The molecule has 1 radical (unpaired) electrons. The summed E-state index contributed by atoms with van der Waals surface area (Å²) >= 11 is 0.